The summed E-state index contributed by atoms with van der Waals surface area (Å²) >= 11 is 5.38. The number of esters is 1. The van der Waals surface area contributed by atoms with E-state index in [-0.39, 0.29) is 17.8 Å². The number of ether oxygens (including phenoxy) is 1. The number of carbonyl (C=O) groups excluding carboxylic acids is 2. The minimum absolute atomic E-state index is 0.144. The van der Waals surface area contributed by atoms with E-state index in [1.54, 1.807) is 0 Å². The van der Waals surface area contributed by atoms with Crippen molar-refractivity contribution in [1.29, 1.82) is 0 Å². The van der Waals surface area contributed by atoms with Gasteiger partial charge in [0.1, 0.15) is 0 Å². The number of fused-ring (bicyclic) bond motifs is 1. The lowest BCUT2D eigenvalue weighted by Gasteiger charge is -2.27. The number of aliphatic hydroxyl groups excluding tert-OH is 1. The molecule has 0 aromatic heterocycles. The highest BCUT2D eigenvalue weighted by molar-refractivity contribution is 6.64. The Kier molecular flexibility index (Phi) is 2.49. The van der Waals surface area contributed by atoms with Gasteiger partial charge in [0, 0.05) is 11.8 Å². The fraction of sp³-hybridized carbons (Fsp3) is 0.778. The molecule has 0 aromatic rings. The van der Waals surface area contributed by atoms with Gasteiger partial charge in [-0.3, -0.25) is 9.59 Å². The molecule has 0 aromatic carbocycles. The van der Waals surface area contributed by atoms with Gasteiger partial charge >= 0.3 is 5.97 Å². The van der Waals surface area contributed by atoms with Gasteiger partial charge in [-0.05, 0) is 30.9 Å². The highest BCUT2D eigenvalue weighted by Crippen LogP contribution is 2.41. The predicted molar refractivity (Wildman–Crippen MR) is 47.3 cm³/mol. The smallest absolute Gasteiger partial charge is 0.311 e. The second-order valence-electron chi connectivity index (χ2n) is 3.91. The number of carbonyl (C=O) groups is 2. The van der Waals surface area contributed by atoms with Gasteiger partial charge in [0.25, 0.3) is 0 Å². The van der Waals surface area contributed by atoms with Gasteiger partial charge in [0.2, 0.25) is 11.5 Å². The highest BCUT2D eigenvalue weighted by Gasteiger charge is 2.48. The van der Waals surface area contributed by atoms with Crippen LogP contribution in [0.1, 0.15) is 19.3 Å². The van der Waals surface area contributed by atoms with E-state index >= 15 is 0 Å². The summed E-state index contributed by atoms with van der Waals surface area (Å²) in [6, 6.07) is 0. The van der Waals surface area contributed by atoms with E-state index in [1.807, 2.05) is 0 Å². The predicted octanol–water partition coefficient (Wildman–Crippen LogP) is 0.659. The van der Waals surface area contributed by atoms with Crippen LogP contribution in [0.25, 0.3) is 0 Å². The summed E-state index contributed by atoms with van der Waals surface area (Å²) in [5, 5.41) is 8.97. The van der Waals surface area contributed by atoms with Gasteiger partial charge in [0.05, 0.1) is 5.92 Å². The normalized spacial score (nSPS) is 41.7. The number of aliphatic hydroxyl groups is 1. The Labute approximate surface area is 86.2 Å². The Bertz CT molecular complexity index is 278. The maximum absolute atomic E-state index is 11.3. The molecule has 1 N–H and O–H groups in total. The van der Waals surface area contributed by atoms with E-state index in [0.717, 1.165) is 0 Å². The molecule has 4 unspecified atom stereocenters. The standard InChI is InChI=1S/C9H11ClO4/c10-7(11)4-1-2-5-6(3-4)9(13)14-8(5)12/h4-6,8,12H,1-3H2. The molecule has 2 rings (SSSR count). The fourth-order valence-electron chi connectivity index (χ4n) is 2.31. The molecule has 0 bridgehead atoms. The topological polar surface area (TPSA) is 63.6 Å². The number of halogens is 1. The molecule has 1 aliphatic heterocycles. The Hall–Kier alpha value is -0.610. The first-order chi connectivity index (χ1) is 6.59. The first-order valence-electron chi connectivity index (χ1n) is 4.67. The van der Waals surface area contributed by atoms with Crippen molar-refractivity contribution < 1.29 is 19.4 Å². The Balaban J connectivity index is 2.09. The number of rotatable bonds is 1. The second kappa shape index (κ2) is 3.51. The highest BCUT2D eigenvalue weighted by atomic mass is 35.5. The number of hydrogen-bond acceptors (Lipinski definition) is 4. The van der Waals surface area contributed by atoms with Crippen molar-refractivity contribution in [2.75, 3.05) is 0 Å². The van der Waals surface area contributed by atoms with Crippen LogP contribution in [-0.4, -0.2) is 22.6 Å². The maximum Gasteiger partial charge on any atom is 0.311 e. The molecule has 5 heteroatoms. The lowest BCUT2D eigenvalue weighted by atomic mass is 9.75. The van der Waals surface area contributed by atoms with Gasteiger partial charge in [0.15, 0.2) is 0 Å². The van der Waals surface area contributed by atoms with E-state index < -0.39 is 17.5 Å². The van der Waals surface area contributed by atoms with E-state index in [2.05, 4.69) is 0 Å². The van der Waals surface area contributed by atoms with Crippen LogP contribution in [0.5, 0.6) is 0 Å². The summed E-state index contributed by atoms with van der Waals surface area (Å²) in [6.07, 6.45) is 0.694. The minimum Gasteiger partial charge on any atom is -0.435 e. The zero-order chi connectivity index (χ0) is 10.3. The molecule has 14 heavy (non-hydrogen) atoms. The lowest BCUT2D eigenvalue weighted by molar-refractivity contribution is -0.156. The summed E-state index contributed by atoms with van der Waals surface area (Å²) in [4.78, 5) is 22.2. The van der Waals surface area contributed by atoms with E-state index in [0.29, 0.717) is 19.3 Å². The zero-order valence-electron chi connectivity index (χ0n) is 7.48. The Morgan fingerprint density at radius 1 is 1.50 bits per heavy atom. The molecule has 1 saturated heterocycles. The van der Waals surface area contributed by atoms with Crippen LogP contribution >= 0.6 is 11.6 Å². The average Bonchev–Trinajstić information content (AvgIpc) is 2.42. The summed E-state index contributed by atoms with van der Waals surface area (Å²) in [5.41, 5.74) is 0. The summed E-state index contributed by atoms with van der Waals surface area (Å²) in [7, 11) is 0. The van der Waals surface area contributed by atoms with E-state index in [4.69, 9.17) is 16.3 Å². The first-order valence-corrected chi connectivity index (χ1v) is 5.05. The number of cyclic esters (lactones) is 1. The van der Waals surface area contributed by atoms with Gasteiger partial charge in [-0.2, -0.15) is 0 Å². The Morgan fingerprint density at radius 2 is 2.21 bits per heavy atom. The van der Waals surface area contributed by atoms with Crippen molar-refractivity contribution in [3.63, 3.8) is 0 Å². The van der Waals surface area contributed by atoms with Crippen LogP contribution in [-0.2, 0) is 14.3 Å². The quantitative estimate of drug-likeness (QED) is 0.519. The maximum atomic E-state index is 11.3. The molecule has 0 radical (unpaired) electrons. The molecule has 0 amide bonds. The van der Waals surface area contributed by atoms with Crippen LogP contribution in [0, 0.1) is 17.8 Å². The van der Waals surface area contributed by atoms with Gasteiger partial charge < -0.3 is 9.84 Å². The molecule has 0 spiro atoms. The second-order valence-corrected chi connectivity index (χ2v) is 4.28. The minimum atomic E-state index is -0.987. The zero-order valence-corrected chi connectivity index (χ0v) is 8.24. The van der Waals surface area contributed by atoms with Crippen LogP contribution in [0.4, 0.5) is 0 Å². The third-order valence-corrected chi connectivity index (χ3v) is 3.44. The van der Waals surface area contributed by atoms with Gasteiger partial charge in [-0.25, -0.2) is 0 Å². The third-order valence-electron chi connectivity index (χ3n) is 3.13. The van der Waals surface area contributed by atoms with Crippen LogP contribution in [0.15, 0.2) is 0 Å². The molecular formula is C9H11ClO4. The SMILES string of the molecule is O=C(Cl)C1CCC2C(O)OC(=O)C2C1. The van der Waals surface area contributed by atoms with Crippen molar-refractivity contribution in [2.45, 2.75) is 25.6 Å². The summed E-state index contributed by atoms with van der Waals surface area (Å²) in [6.45, 7) is 0. The molecule has 1 aliphatic carbocycles. The van der Waals surface area contributed by atoms with Crippen molar-refractivity contribution in [2.24, 2.45) is 17.8 Å². The summed E-state index contributed by atoms with van der Waals surface area (Å²) < 4.78 is 4.70. The van der Waals surface area contributed by atoms with E-state index in [1.165, 1.54) is 0 Å². The lowest BCUT2D eigenvalue weighted by Crippen LogP contribution is -2.30. The van der Waals surface area contributed by atoms with Gasteiger partial charge in [-0.1, -0.05) is 0 Å². The van der Waals surface area contributed by atoms with Crippen LogP contribution in [0.3, 0.4) is 0 Å². The fourth-order valence-corrected chi connectivity index (χ4v) is 2.50. The molecule has 78 valence electrons. The number of hydrogen-bond donors (Lipinski definition) is 1. The average molecular weight is 219 g/mol. The molecule has 2 aliphatic rings. The molecule has 1 saturated carbocycles. The summed E-state index contributed by atoms with van der Waals surface area (Å²) in [5.74, 6) is -1.14. The molecule has 4 nitrogen and oxygen atoms in total. The molecule has 1 heterocycles. The van der Waals surface area contributed by atoms with Crippen LogP contribution < -0.4 is 0 Å². The molecular weight excluding hydrogens is 208 g/mol. The van der Waals surface area contributed by atoms with Crippen molar-refractivity contribution in [3.8, 4) is 0 Å². The third kappa shape index (κ3) is 1.53. The monoisotopic (exact) mass is 218 g/mol. The van der Waals surface area contributed by atoms with Crippen molar-refractivity contribution in [1.82, 2.24) is 0 Å². The Morgan fingerprint density at radius 3 is 2.86 bits per heavy atom. The van der Waals surface area contributed by atoms with Crippen LogP contribution in [0.2, 0.25) is 0 Å². The van der Waals surface area contributed by atoms with E-state index in [9.17, 15) is 14.7 Å². The first kappa shape index (κ1) is 9.93. The van der Waals surface area contributed by atoms with Crippen molar-refractivity contribution >= 4 is 22.8 Å². The van der Waals surface area contributed by atoms with Gasteiger partial charge in [-0.15, -0.1) is 0 Å². The molecule has 2 fully saturated rings. The molecule has 4 atom stereocenters. The largest absolute Gasteiger partial charge is 0.435 e. The van der Waals surface area contributed by atoms with Crippen molar-refractivity contribution in [3.05, 3.63) is 0 Å².